The van der Waals surface area contributed by atoms with Crippen LogP contribution in [-0.2, 0) is 6.54 Å². The summed E-state index contributed by atoms with van der Waals surface area (Å²) >= 11 is 3.41. The van der Waals surface area contributed by atoms with Crippen LogP contribution in [0.1, 0.15) is 10.6 Å². The molecule has 3 nitrogen and oxygen atoms in total. The maximum atomic E-state index is 4.45. The molecule has 0 saturated heterocycles. The normalized spacial score (nSPS) is 10.9. The van der Waals surface area contributed by atoms with Crippen molar-refractivity contribution in [3.8, 4) is 10.7 Å². The zero-order valence-electron chi connectivity index (χ0n) is 9.33. The van der Waals surface area contributed by atoms with Crippen molar-refractivity contribution in [2.75, 3.05) is 0 Å². The summed E-state index contributed by atoms with van der Waals surface area (Å²) in [6.07, 6.45) is 5.70. The van der Waals surface area contributed by atoms with Crippen molar-refractivity contribution in [3.05, 3.63) is 46.0 Å². The van der Waals surface area contributed by atoms with E-state index >= 15 is 0 Å². The van der Waals surface area contributed by atoms with E-state index in [0.717, 1.165) is 17.4 Å². The van der Waals surface area contributed by atoms with Gasteiger partial charge in [-0.15, -0.1) is 22.7 Å². The number of aromatic nitrogens is 3. The maximum Gasteiger partial charge on any atom is 0.150 e. The van der Waals surface area contributed by atoms with Crippen molar-refractivity contribution in [3.63, 3.8) is 0 Å². The Labute approximate surface area is 107 Å². The Morgan fingerprint density at radius 2 is 2.12 bits per heavy atom. The van der Waals surface area contributed by atoms with Crippen LogP contribution in [0, 0.1) is 6.92 Å². The minimum absolute atomic E-state index is 0.796. The monoisotopic (exact) mass is 261 g/mol. The Balaban J connectivity index is 1.97. The van der Waals surface area contributed by atoms with Crippen molar-refractivity contribution in [2.24, 2.45) is 0 Å². The highest BCUT2D eigenvalue weighted by Gasteiger charge is 2.10. The van der Waals surface area contributed by atoms with Gasteiger partial charge >= 0.3 is 0 Å². The third-order valence-corrected chi connectivity index (χ3v) is 4.35. The number of nitrogens with zero attached hydrogens (tertiary/aromatic N) is 3. The molecule has 0 aromatic carbocycles. The van der Waals surface area contributed by atoms with E-state index in [0.29, 0.717) is 0 Å². The molecular formula is C12H11N3S2. The van der Waals surface area contributed by atoms with Crippen LogP contribution in [0.4, 0.5) is 0 Å². The van der Waals surface area contributed by atoms with Gasteiger partial charge in [0, 0.05) is 24.0 Å². The average Bonchev–Trinajstić information content (AvgIpc) is 3.00. The smallest absolute Gasteiger partial charge is 0.150 e. The summed E-state index contributed by atoms with van der Waals surface area (Å²) in [6, 6.07) is 2.13. The van der Waals surface area contributed by atoms with E-state index in [2.05, 4.69) is 32.9 Å². The molecule has 0 radical (unpaired) electrons. The predicted molar refractivity (Wildman–Crippen MR) is 71.5 cm³/mol. The van der Waals surface area contributed by atoms with Crippen molar-refractivity contribution in [1.29, 1.82) is 0 Å². The molecule has 0 bridgehead atoms. The molecule has 5 heteroatoms. The van der Waals surface area contributed by atoms with Crippen LogP contribution in [0.2, 0.25) is 0 Å². The number of hydrogen-bond donors (Lipinski definition) is 0. The Morgan fingerprint density at radius 3 is 2.82 bits per heavy atom. The van der Waals surface area contributed by atoms with Gasteiger partial charge in [0.1, 0.15) is 5.01 Å². The van der Waals surface area contributed by atoms with Crippen LogP contribution < -0.4 is 0 Å². The van der Waals surface area contributed by atoms with Crippen molar-refractivity contribution >= 4 is 22.7 Å². The summed E-state index contributed by atoms with van der Waals surface area (Å²) in [7, 11) is 0. The van der Waals surface area contributed by atoms with Gasteiger partial charge in [-0.05, 0) is 23.9 Å². The summed E-state index contributed by atoms with van der Waals surface area (Å²) in [6.45, 7) is 2.92. The highest BCUT2D eigenvalue weighted by atomic mass is 32.1. The van der Waals surface area contributed by atoms with E-state index in [1.165, 1.54) is 10.4 Å². The fourth-order valence-corrected chi connectivity index (χ4v) is 3.28. The molecule has 3 aromatic rings. The van der Waals surface area contributed by atoms with Crippen LogP contribution in [0.25, 0.3) is 10.7 Å². The lowest BCUT2D eigenvalue weighted by Gasteiger charge is -2.04. The molecule has 3 rings (SSSR count). The topological polar surface area (TPSA) is 30.7 Å². The third-order valence-electron chi connectivity index (χ3n) is 2.57. The van der Waals surface area contributed by atoms with E-state index in [1.54, 1.807) is 22.7 Å². The average molecular weight is 261 g/mol. The van der Waals surface area contributed by atoms with Gasteiger partial charge in [-0.25, -0.2) is 9.97 Å². The third kappa shape index (κ3) is 2.03. The summed E-state index contributed by atoms with van der Waals surface area (Å²) in [5.41, 5.74) is 1.28. The molecule has 0 N–H and O–H groups in total. The molecule has 3 aromatic heterocycles. The van der Waals surface area contributed by atoms with Gasteiger partial charge < -0.3 is 4.57 Å². The SMILES string of the molecule is Cc1ccsc1-c1nccn1Cc1nccs1. The molecule has 0 atom stereocenters. The predicted octanol–water partition coefficient (Wildman–Crippen LogP) is 3.42. The summed E-state index contributed by atoms with van der Waals surface area (Å²) < 4.78 is 2.15. The van der Waals surface area contributed by atoms with E-state index < -0.39 is 0 Å². The lowest BCUT2D eigenvalue weighted by atomic mass is 10.3. The summed E-state index contributed by atoms with van der Waals surface area (Å²) in [5.74, 6) is 1.03. The number of aryl methyl sites for hydroxylation is 1. The largest absolute Gasteiger partial charge is 0.323 e. The van der Waals surface area contributed by atoms with E-state index in [-0.39, 0.29) is 0 Å². The molecule has 3 heterocycles. The standard InChI is InChI=1S/C12H11N3S2/c1-9-2-6-17-11(9)12-14-3-5-15(12)8-10-13-4-7-16-10/h2-7H,8H2,1H3. The first kappa shape index (κ1) is 10.7. The second-order valence-corrected chi connectivity index (χ2v) is 5.63. The lowest BCUT2D eigenvalue weighted by Crippen LogP contribution is -2.00. The fourth-order valence-electron chi connectivity index (χ4n) is 1.72. The van der Waals surface area contributed by atoms with Crippen LogP contribution in [0.3, 0.4) is 0 Å². The van der Waals surface area contributed by atoms with E-state index in [4.69, 9.17) is 0 Å². The van der Waals surface area contributed by atoms with Crippen LogP contribution in [-0.4, -0.2) is 14.5 Å². The quantitative estimate of drug-likeness (QED) is 0.723. The second kappa shape index (κ2) is 4.43. The molecule has 0 unspecified atom stereocenters. The molecule has 0 aliphatic heterocycles. The molecule has 0 saturated carbocycles. The summed E-state index contributed by atoms with van der Waals surface area (Å²) in [4.78, 5) is 10.0. The van der Waals surface area contributed by atoms with Gasteiger partial charge in [0.25, 0.3) is 0 Å². The Hall–Kier alpha value is -1.46. The first-order chi connectivity index (χ1) is 8.34. The van der Waals surface area contributed by atoms with Crippen LogP contribution in [0.15, 0.2) is 35.4 Å². The molecule has 0 aliphatic carbocycles. The minimum Gasteiger partial charge on any atom is -0.323 e. The van der Waals surface area contributed by atoms with Gasteiger partial charge in [-0.1, -0.05) is 0 Å². The zero-order chi connectivity index (χ0) is 11.7. The molecule has 0 amide bonds. The van der Waals surface area contributed by atoms with Crippen LogP contribution in [0.5, 0.6) is 0 Å². The summed E-state index contributed by atoms with van der Waals surface area (Å²) in [5, 5.41) is 5.22. The number of hydrogen-bond acceptors (Lipinski definition) is 4. The number of thiazole rings is 1. The van der Waals surface area contributed by atoms with Crippen molar-refractivity contribution in [2.45, 2.75) is 13.5 Å². The first-order valence-electron chi connectivity index (χ1n) is 5.28. The van der Waals surface area contributed by atoms with Gasteiger partial charge in [0.05, 0.1) is 11.4 Å². The van der Waals surface area contributed by atoms with Gasteiger partial charge in [-0.2, -0.15) is 0 Å². The second-order valence-electron chi connectivity index (χ2n) is 3.74. The van der Waals surface area contributed by atoms with Gasteiger partial charge in [0.2, 0.25) is 0 Å². The maximum absolute atomic E-state index is 4.45. The van der Waals surface area contributed by atoms with Gasteiger partial charge in [-0.3, -0.25) is 0 Å². The molecule has 86 valence electrons. The Bertz CT molecular complexity index is 607. The van der Waals surface area contributed by atoms with Gasteiger partial charge in [0.15, 0.2) is 5.82 Å². The molecule has 0 spiro atoms. The Kier molecular flexibility index (Phi) is 2.78. The fraction of sp³-hybridized carbons (Fsp3) is 0.167. The molecule has 0 aliphatic rings. The highest BCUT2D eigenvalue weighted by molar-refractivity contribution is 7.13. The van der Waals surface area contributed by atoms with E-state index in [9.17, 15) is 0 Å². The van der Waals surface area contributed by atoms with E-state index in [1.807, 2.05) is 24.0 Å². The van der Waals surface area contributed by atoms with Crippen molar-refractivity contribution in [1.82, 2.24) is 14.5 Å². The zero-order valence-corrected chi connectivity index (χ0v) is 11.0. The highest BCUT2D eigenvalue weighted by Crippen LogP contribution is 2.28. The number of imidazole rings is 1. The molecule has 17 heavy (non-hydrogen) atoms. The molecular weight excluding hydrogens is 250 g/mol. The molecule has 0 fully saturated rings. The Morgan fingerprint density at radius 1 is 1.18 bits per heavy atom. The van der Waals surface area contributed by atoms with Crippen LogP contribution >= 0.6 is 22.7 Å². The lowest BCUT2D eigenvalue weighted by molar-refractivity contribution is 0.801. The minimum atomic E-state index is 0.796. The number of rotatable bonds is 3. The number of thiophene rings is 1. The first-order valence-corrected chi connectivity index (χ1v) is 7.04. The van der Waals surface area contributed by atoms with Crippen molar-refractivity contribution < 1.29 is 0 Å².